The van der Waals surface area contributed by atoms with Crippen LogP contribution in [-0.4, -0.2) is 21.0 Å². The van der Waals surface area contributed by atoms with Gasteiger partial charge in [0.2, 0.25) is 0 Å². The first-order valence-electron chi connectivity index (χ1n) is 10.9. The fraction of sp³-hybridized carbons (Fsp3) is 0.154. The lowest BCUT2D eigenvalue weighted by atomic mass is 10.0. The Bertz CT molecular complexity index is 1350. The number of rotatable bonds is 7. The number of anilines is 1. The highest BCUT2D eigenvalue weighted by Gasteiger charge is 2.20. The van der Waals surface area contributed by atoms with Gasteiger partial charge in [0.15, 0.2) is 5.76 Å². The number of aryl methyl sites for hydroxylation is 1. The third-order valence-electron chi connectivity index (χ3n) is 5.48. The molecule has 0 aliphatic rings. The molecule has 1 unspecified atom stereocenters. The van der Waals surface area contributed by atoms with Gasteiger partial charge in [0, 0.05) is 5.56 Å². The Morgan fingerprint density at radius 1 is 0.971 bits per heavy atom. The van der Waals surface area contributed by atoms with E-state index in [9.17, 15) is 9.36 Å². The van der Waals surface area contributed by atoms with Crippen LogP contribution in [0.4, 0.5) is 10.5 Å². The van der Waals surface area contributed by atoms with Crippen molar-refractivity contribution in [2.45, 2.75) is 26.1 Å². The number of carbonyl (C=O) groups excluding carboxylic acids is 1. The maximum absolute atomic E-state index is 12.5. The number of benzene rings is 3. The third kappa shape index (κ3) is 6.25. The van der Waals surface area contributed by atoms with Gasteiger partial charge < -0.3 is 19.0 Å². The number of amides is 1. The summed E-state index contributed by atoms with van der Waals surface area (Å²) < 4.78 is 22.0. The Hall–Kier alpha value is -3.71. The highest BCUT2D eigenvalue weighted by molar-refractivity contribution is 7.50. The van der Waals surface area contributed by atoms with Crippen molar-refractivity contribution < 1.29 is 28.4 Å². The molecule has 0 spiro atoms. The first-order chi connectivity index (χ1) is 16.7. The van der Waals surface area contributed by atoms with E-state index in [0.29, 0.717) is 22.7 Å². The zero-order chi connectivity index (χ0) is 25.0. The monoisotopic (exact) mass is 492 g/mol. The topological polar surface area (TPSA) is 122 Å². The molecule has 8 nitrogen and oxygen atoms in total. The van der Waals surface area contributed by atoms with Crippen LogP contribution in [0.15, 0.2) is 83.4 Å². The van der Waals surface area contributed by atoms with E-state index in [2.05, 4.69) is 10.5 Å². The summed E-state index contributed by atoms with van der Waals surface area (Å²) in [7, 11) is -4.11. The highest BCUT2D eigenvalue weighted by Crippen LogP contribution is 2.39. The average molecular weight is 492 g/mol. The van der Waals surface area contributed by atoms with E-state index in [1.165, 1.54) is 0 Å². The molecular formula is C26H25N2O6P. The van der Waals surface area contributed by atoms with Gasteiger partial charge in [-0.1, -0.05) is 84.0 Å². The molecule has 1 atom stereocenters. The molecule has 0 radical (unpaired) electrons. The normalized spacial score (nSPS) is 12.2. The molecule has 0 fully saturated rings. The molecular weight excluding hydrogens is 467 g/mol. The van der Waals surface area contributed by atoms with Crippen molar-refractivity contribution in [3.8, 4) is 22.4 Å². The summed E-state index contributed by atoms with van der Waals surface area (Å²) in [4.78, 5) is 30.8. The lowest BCUT2D eigenvalue weighted by Gasteiger charge is -2.14. The van der Waals surface area contributed by atoms with E-state index in [0.717, 1.165) is 22.3 Å². The van der Waals surface area contributed by atoms with Crippen LogP contribution < -0.4 is 5.32 Å². The second kappa shape index (κ2) is 10.3. The standard InChI is InChI=1S/C26H25N2O6P/c1-17(20-6-4-3-5-7-20)33-26(29)27-24-18(2)34-28-25(24)23-14-12-22(13-15-23)21-10-8-19(9-11-21)16-35(30,31)32/h3-15,17H,16H2,1-2H3,(H,27,29)(H2,30,31,32). The van der Waals surface area contributed by atoms with Crippen LogP contribution in [0, 0.1) is 6.92 Å². The van der Waals surface area contributed by atoms with E-state index in [1.54, 1.807) is 26.0 Å². The van der Waals surface area contributed by atoms with Gasteiger partial charge in [-0.2, -0.15) is 0 Å². The number of nitrogens with zero attached hydrogens (tertiary/aromatic N) is 1. The summed E-state index contributed by atoms with van der Waals surface area (Å²) in [6.45, 7) is 3.51. The molecule has 3 aromatic carbocycles. The number of aromatic nitrogens is 1. The van der Waals surface area contributed by atoms with Crippen molar-refractivity contribution in [3.05, 3.63) is 95.7 Å². The Morgan fingerprint density at radius 3 is 2.14 bits per heavy atom. The molecule has 180 valence electrons. The number of hydrogen-bond donors (Lipinski definition) is 3. The quantitative estimate of drug-likeness (QED) is 0.259. The fourth-order valence-corrected chi connectivity index (χ4v) is 4.35. The van der Waals surface area contributed by atoms with Gasteiger partial charge in [-0.05, 0) is 36.1 Å². The summed E-state index contributed by atoms with van der Waals surface area (Å²) in [5, 5.41) is 6.85. The Kier molecular flexibility index (Phi) is 7.17. The SMILES string of the molecule is Cc1onc(-c2ccc(-c3ccc(CP(=O)(O)O)cc3)cc2)c1NC(=O)OC(C)c1ccccc1. The van der Waals surface area contributed by atoms with Crippen molar-refractivity contribution in [2.75, 3.05) is 5.32 Å². The molecule has 4 rings (SSSR count). The number of carbonyl (C=O) groups is 1. The van der Waals surface area contributed by atoms with Gasteiger partial charge in [0.05, 0.1) is 6.16 Å². The summed E-state index contributed by atoms with van der Waals surface area (Å²) in [5.74, 6) is 0.453. The summed E-state index contributed by atoms with van der Waals surface area (Å²) in [6, 6.07) is 24.0. The Balaban J connectivity index is 1.47. The van der Waals surface area contributed by atoms with Gasteiger partial charge in [0.25, 0.3) is 0 Å². The van der Waals surface area contributed by atoms with Crippen molar-refractivity contribution in [2.24, 2.45) is 0 Å². The van der Waals surface area contributed by atoms with Gasteiger partial charge in [-0.25, -0.2) is 4.79 Å². The average Bonchev–Trinajstić information content (AvgIpc) is 3.19. The zero-order valence-electron chi connectivity index (χ0n) is 19.2. The molecule has 0 saturated carbocycles. The van der Waals surface area contributed by atoms with Crippen LogP contribution in [0.1, 0.15) is 29.9 Å². The largest absolute Gasteiger partial charge is 0.441 e. The van der Waals surface area contributed by atoms with Crippen molar-refractivity contribution in [1.29, 1.82) is 0 Å². The van der Waals surface area contributed by atoms with E-state index in [-0.39, 0.29) is 6.16 Å². The van der Waals surface area contributed by atoms with Crippen LogP contribution in [0.2, 0.25) is 0 Å². The van der Waals surface area contributed by atoms with Gasteiger partial charge in [-0.3, -0.25) is 9.88 Å². The van der Waals surface area contributed by atoms with Crippen LogP contribution in [0.5, 0.6) is 0 Å². The van der Waals surface area contributed by atoms with Crippen LogP contribution >= 0.6 is 7.60 Å². The van der Waals surface area contributed by atoms with Gasteiger partial charge in [0.1, 0.15) is 17.5 Å². The number of ether oxygens (including phenoxy) is 1. The molecule has 1 aromatic heterocycles. The smallest absolute Gasteiger partial charge is 0.412 e. The number of hydrogen-bond acceptors (Lipinski definition) is 5. The molecule has 9 heteroatoms. The van der Waals surface area contributed by atoms with Gasteiger partial charge >= 0.3 is 13.7 Å². The second-order valence-electron chi connectivity index (χ2n) is 8.14. The molecule has 1 heterocycles. The van der Waals surface area contributed by atoms with Crippen LogP contribution in [-0.2, 0) is 15.5 Å². The minimum absolute atomic E-state index is 0.292. The molecule has 0 aliphatic heterocycles. The molecule has 3 N–H and O–H groups in total. The van der Waals surface area contributed by atoms with E-state index in [4.69, 9.17) is 19.0 Å². The summed E-state index contributed by atoms with van der Waals surface area (Å²) in [5.41, 5.74) is 4.94. The summed E-state index contributed by atoms with van der Waals surface area (Å²) >= 11 is 0. The molecule has 1 amide bonds. The minimum atomic E-state index is -4.11. The highest BCUT2D eigenvalue weighted by atomic mass is 31.2. The van der Waals surface area contributed by atoms with E-state index < -0.39 is 19.8 Å². The third-order valence-corrected chi connectivity index (χ3v) is 6.25. The molecule has 4 aromatic rings. The second-order valence-corrected chi connectivity index (χ2v) is 9.79. The van der Waals surface area contributed by atoms with E-state index >= 15 is 0 Å². The zero-order valence-corrected chi connectivity index (χ0v) is 20.1. The van der Waals surface area contributed by atoms with E-state index in [1.807, 2.05) is 66.7 Å². The molecule has 0 aliphatic carbocycles. The lowest BCUT2D eigenvalue weighted by Crippen LogP contribution is -2.16. The van der Waals surface area contributed by atoms with Crippen molar-refractivity contribution in [1.82, 2.24) is 5.16 Å². The number of nitrogens with one attached hydrogen (secondary N) is 1. The molecule has 35 heavy (non-hydrogen) atoms. The lowest BCUT2D eigenvalue weighted by molar-refractivity contribution is 0.121. The molecule has 0 bridgehead atoms. The predicted molar refractivity (Wildman–Crippen MR) is 133 cm³/mol. The maximum Gasteiger partial charge on any atom is 0.412 e. The van der Waals surface area contributed by atoms with Crippen molar-refractivity contribution >= 4 is 19.4 Å². The Labute approximate surface area is 202 Å². The summed E-state index contributed by atoms with van der Waals surface area (Å²) in [6.07, 6.45) is -1.33. The van der Waals surface area contributed by atoms with Crippen molar-refractivity contribution in [3.63, 3.8) is 0 Å². The minimum Gasteiger partial charge on any atom is -0.441 e. The fourth-order valence-electron chi connectivity index (χ4n) is 3.66. The predicted octanol–water partition coefficient (Wildman–Crippen LogP) is 6.30. The first-order valence-corrected chi connectivity index (χ1v) is 12.7. The maximum atomic E-state index is 12.5. The van der Waals surface area contributed by atoms with Gasteiger partial charge in [-0.15, -0.1) is 0 Å². The Morgan fingerprint density at radius 2 is 1.54 bits per heavy atom. The van der Waals surface area contributed by atoms with Crippen LogP contribution in [0.3, 0.4) is 0 Å². The van der Waals surface area contributed by atoms with Crippen LogP contribution in [0.25, 0.3) is 22.4 Å². The molecule has 0 saturated heterocycles. The first kappa shape index (κ1) is 24.4.